The third-order valence-electron chi connectivity index (χ3n) is 2.47. The Morgan fingerprint density at radius 2 is 1.87 bits per heavy atom. The summed E-state index contributed by atoms with van der Waals surface area (Å²) in [6.07, 6.45) is 3.80. The Balaban J connectivity index is 2.46. The first-order valence-electron chi connectivity index (χ1n) is 4.98. The molecule has 1 aliphatic heterocycles. The van der Waals surface area contributed by atoms with Crippen LogP contribution in [0.25, 0.3) is 0 Å². The van der Waals surface area contributed by atoms with Crippen molar-refractivity contribution in [1.82, 2.24) is 0 Å². The average molecular weight is 260 g/mol. The van der Waals surface area contributed by atoms with E-state index in [-0.39, 0.29) is 5.78 Å². The molecule has 0 saturated heterocycles. The number of hydrogen-bond acceptors (Lipinski definition) is 1. The topological polar surface area (TPSA) is 17.1 Å². The van der Waals surface area contributed by atoms with Crippen molar-refractivity contribution in [1.29, 1.82) is 0 Å². The molecule has 0 bridgehead atoms. The summed E-state index contributed by atoms with van der Waals surface area (Å²) in [7, 11) is 0. The normalized spacial score (nSPS) is 23.3. The fourth-order valence-electron chi connectivity index (χ4n) is 1.82. The van der Waals surface area contributed by atoms with Gasteiger partial charge in [-0.15, -0.1) is 0 Å². The number of hydrogen-bond donors (Lipinski definition) is 0. The van der Waals surface area contributed by atoms with Gasteiger partial charge in [0.2, 0.25) is 0 Å². The predicted octanol–water partition coefficient (Wildman–Crippen LogP) is 1.94. The quantitative estimate of drug-likeness (QED) is 0.557. The Kier molecular flexibility index (Phi) is 2.92. The van der Waals surface area contributed by atoms with Crippen molar-refractivity contribution >= 4 is 24.8 Å². The molecule has 1 aliphatic rings. The van der Waals surface area contributed by atoms with E-state index in [2.05, 4.69) is 19.1 Å². The van der Waals surface area contributed by atoms with E-state index < -0.39 is 14.7 Å². The zero-order valence-corrected chi connectivity index (χ0v) is 10.8. The average Bonchev–Trinajstić information content (AvgIpc) is 2.54. The SMILES string of the molecule is CC=C1C(=O)C=C(C)[As]1c1ccccc1. The van der Waals surface area contributed by atoms with Gasteiger partial charge < -0.3 is 0 Å². The van der Waals surface area contributed by atoms with Crippen molar-refractivity contribution in [2.75, 3.05) is 0 Å². The van der Waals surface area contributed by atoms with Gasteiger partial charge in [0.05, 0.1) is 0 Å². The summed E-state index contributed by atoms with van der Waals surface area (Å²) in [6, 6.07) is 10.4. The summed E-state index contributed by atoms with van der Waals surface area (Å²) < 4.78 is 3.68. The van der Waals surface area contributed by atoms with Gasteiger partial charge >= 0.3 is 94.6 Å². The number of allylic oxidation sites excluding steroid dienone is 4. The minimum atomic E-state index is -1.41. The molecule has 15 heavy (non-hydrogen) atoms. The predicted molar refractivity (Wildman–Crippen MR) is 64.4 cm³/mol. The summed E-state index contributed by atoms with van der Waals surface area (Å²) in [5.41, 5.74) is 0. The Bertz CT molecular complexity index is 443. The van der Waals surface area contributed by atoms with E-state index in [0.717, 1.165) is 4.36 Å². The van der Waals surface area contributed by atoms with Crippen molar-refractivity contribution in [3.8, 4) is 0 Å². The summed E-state index contributed by atoms with van der Waals surface area (Å²) in [4.78, 5) is 11.7. The number of ketones is 1. The summed E-state index contributed by atoms with van der Waals surface area (Å²) in [5.74, 6) is 0.221. The third kappa shape index (κ3) is 1.85. The Morgan fingerprint density at radius 1 is 1.20 bits per heavy atom. The molecule has 0 radical (unpaired) electrons. The molecule has 0 aliphatic carbocycles. The molecule has 0 amide bonds. The van der Waals surface area contributed by atoms with Crippen LogP contribution in [-0.4, -0.2) is 20.4 Å². The third-order valence-corrected chi connectivity index (χ3v) is 7.95. The van der Waals surface area contributed by atoms with Crippen LogP contribution in [0.2, 0.25) is 0 Å². The van der Waals surface area contributed by atoms with Gasteiger partial charge in [-0.05, 0) is 0 Å². The van der Waals surface area contributed by atoms with Crippen LogP contribution in [0, 0.1) is 0 Å². The van der Waals surface area contributed by atoms with Gasteiger partial charge in [-0.25, -0.2) is 0 Å². The van der Waals surface area contributed by atoms with E-state index in [9.17, 15) is 4.79 Å². The fourth-order valence-corrected chi connectivity index (χ4v) is 6.70. The summed E-state index contributed by atoms with van der Waals surface area (Å²) >= 11 is -1.41. The Hall–Kier alpha value is -1.07. The first-order valence-corrected chi connectivity index (χ1v) is 7.79. The molecule has 0 spiro atoms. The first-order chi connectivity index (χ1) is 7.24. The van der Waals surface area contributed by atoms with Gasteiger partial charge in [0.1, 0.15) is 0 Å². The van der Waals surface area contributed by atoms with Crippen LogP contribution < -0.4 is 4.35 Å². The van der Waals surface area contributed by atoms with Gasteiger partial charge in [0.15, 0.2) is 0 Å². The monoisotopic (exact) mass is 260 g/mol. The van der Waals surface area contributed by atoms with E-state index in [1.54, 1.807) is 0 Å². The first kappa shape index (κ1) is 10.4. The Morgan fingerprint density at radius 3 is 2.47 bits per heavy atom. The van der Waals surface area contributed by atoms with Gasteiger partial charge in [-0.3, -0.25) is 0 Å². The van der Waals surface area contributed by atoms with Gasteiger partial charge in [0, 0.05) is 0 Å². The maximum atomic E-state index is 11.7. The summed E-state index contributed by atoms with van der Waals surface area (Å²) in [6.45, 7) is 4.05. The molecule has 0 saturated carbocycles. The molecule has 1 aromatic carbocycles. The second-order valence-corrected chi connectivity index (χ2v) is 8.48. The van der Waals surface area contributed by atoms with Crippen molar-refractivity contribution in [3.63, 3.8) is 0 Å². The van der Waals surface area contributed by atoms with Crippen LogP contribution in [0.15, 0.2) is 51.2 Å². The van der Waals surface area contributed by atoms with Crippen molar-refractivity contribution in [2.24, 2.45) is 0 Å². The second-order valence-electron chi connectivity index (χ2n) is 3.49. The van der Waals surface area contributed by atoms with E-state index in [1.807, 2.05) is 37.3 Å². The molecular weight excluding hydrogens is 247 g/mol. The van der Waals surface area contributed by atoms with Crippen LogP contribution >= 0.6 is 0 Å². The molecule has 1 unspecified atom stereocenters. The molecule has 1 heterocycles. The zero-order chi connectivity index (χ0) is 10.8. The van der Waals surface area contributed by atoms with Crippen molar-refractivity contribution in [3.05, 3.63) is 51.2 Å². The van der Waals surface area contributed by atoms with Crippen molar-refractivity contribution < 1.29 is 4.79 Å². The second kappa shape index (κ2) is 4.20. The maximum absolute atomic E-state index is 11.7. The molecule has 1 atom stereocenters. The minimum absolute atomic E-state index is 0.221. The fraction of sp³-hybridized carbons (Fsp3) is 0.154. The number of carbonyl (C=O) groups is 1. The van der Waals surface area contributed by atoms with E-state index in [0.29, 0.717) is 0 Å². The molecule has 0 fully saturated rings. The molecule has 76 valence electrons. The zero-order valence-electron chi connectivity index (χ0n) is 8.90. The molecule has 1 aromatic rings. The Labute approximate surface area is 94.8 Å². The van der Waals surface area contributed by atoms with Crippen LogP contribution in [0.5, 0.6) is 0 Å². The molecule has 2 heteroatoms. The molecular formula is C13H13AsO. The van der Waals surface area contributed by atoms with Gasteiger partial charge in [-0.2, -0.15) is 0 Å². The number of rotatable bonds is 1. The van der Waals surface area contributed by atoms with E-state index in [1.165, 1.54) is 8.71 Å². The van der Waals surface area contributed by atoms with Crippen LogP contribution in [0.4, 0.5) is 0 Å². The molecule has 0 N–H and O–H groups in total. The van der Waals surface area contributed by atoms with Crippen LogP contribution in [0.1, 0.15) is 13.8 Å². The summed E-state index contributed by atoms with van der Waals surface area (Å²) in [5, 5.41) is 0. The van der Waals surface area contributed by atoms with E-state index >= 15 is 0 Å². The van der Waals surface area contributed by atoms with Crippen LogP contribution in [0.3, 0.4) is 0 Å². The van der Waals surface area contributed by atoms with Gasteiger partial charge in [-0.1, -0.05) is 0 Å². The van der Waals surface area contributed by atoms with Gasteiger partial charge in [0.25, 0.3) is 0 Å². The van der Waals surface area contributed by atoms with Crippen LogP contribution in [-0.2, 0) is 4.79 Å². The van der Waals surface area contributed by atoms with E-state index in [4.69, 9.17) is 0 Å². The van der Waals surface area contributed by atoms with Crippen molar-refractivity contribution in [2.45, 2.75) is 13.8 Å². The number of carbonyl (C=O) groups excluding carboxylic acids is 1. The molecule has 1 nitrogen and oxygen atoms in total. The molecule has 0 aromatic heterocycles. The number of benzene rings is 1. The molecule has 2 rings (SSSR count). The standard InChI is InChI=1S/C13H13AsO/c1-3-12-13(15)9-10(2)14(12)11-7-5-4-6-8-11/h3-9H,1-2H3.